The predicted molar refractivity (Wildman–Crippen MR) is 40.8 cm³/mol. The molecule has 0 fully saturated rings. The van der Waals surface area contributed by atoms with Crippen LogP contribution in [0, 0.1) is 5.92 Å². The number of primary amides is 1. The van der Waals surface area contributed by atoms with Crippen LogP contribution in [-0.2, 0) is 4.79 Å². The van der Waals surface area contributed by atoms with Crippen molar-refractivity contribution in [2.75, 3.05) is 13.6 Å². The molecule has 4 N–H and O–H groups in total. The summed E-state index contributed by atoms with van der Waals surface area (Å²) >= 11 is 0. The van der Waals surface area contributed by atoms with Gasteiger partial charge in [-0.25, -0.2) is 4.79 Å². The minimum Gasteiger partial charge on any atom is -0.351 e. The van der Waals surface area contributed by atoms with Crippen LogP contribution in [0.4, 0.5) is 4.79 Å². The van der Waals surface area contributed by atoms with Crippen LogP contribution in [0.5, 0.6) is 0 Å². The molecule has 0 aliphatic heterocycles. The van der Waals surface area contributed by atoms with E-state index in [9.17, 15) is 9.59 Å². The van der Waals surface area contributed by atoms with Crippen LogP contribution < -0.4 is 16.4 Å². The zero-order chi connectivity index (χ0) is 8.85. The van der Waals surface area contributed by atoms with Gasteiger partial charge >= 0.3 is 6.03 Å². The van der Waals surface area contributed by atoms with Gasteiger partial charge in [-0.05, 0) is 7.05 Å². The van der Waals surface area contributed by atoms with E-state index < -0.39 is 6.03 Å². The van der Waals surface area contributed by atoms with E-state index in [1.54, 1.807) is 14.0 Å². The number of nitrogens with one attached hydrogen (secondary N) is 2. The fourth-order valence-electron chi connectivity index (χ4n) is 0.644. The maximum Gasteiger partial charge on any atom is 0.318 e. The Hall–Kier alpha value is -1.10. The lowest BCUT2D eigenvalue weighted by Gasteiger charge is -2.08. The lowest BCUT2D eigenvalue weighted by molar-refractivity contribution is -0.123. The van der Waals surface area contributed by atoms with Gasteiger partial charge in [-0.15, -0.1) is 0 Å². The lowest BCUT2D eigenvalue weighted by Crippen LogP contribution is -2.40. The van der Waals surface area contributed by atoms with Crippen molar-refractivity contribution >= 4 is 11.9 Å². The molecule has 11 heavy (non-hydrogen) atoms. The van der Waals surface area contributed by atoms with E-state index in [-0.39, 0.29) is 11.8 Å². The van der Waals surface area contributed by atoms with Gasteiger partial charge in [0.05, 0.1) is 0 Å². The molecule has 0 bridgehead atoms. The third-order valence-corrected chi connectivity index (χ3v) is 1.20. The predicted octanol–water partition coefficient (Wildman–Crippen LogP) is -0.963. The fraction of sp³-hybridized carbons (Fsp3) is 0.667. The van der Waals surface area contributed by atoms with Gasteiger partial charge in [0, 0.05) is 12.5 Å². The Bertz CT molecular complexity index is 158. The molecule has 5 heteroatoms. The zero-order valence-corrected chi connectivity index (χ0v) is 6.68. The smallest absolute Gasteiger partial charge is 0.318 e. The fourth-order valence-corrected chi connectivity index (χ4v) is 0.644. The van der Waals surface area contributed by atoms with E-state index in [1.807, 2.05) is 5.32 Å². The molecule has 5 nitrogen and oxygen atoms in total. The van der Waals surface area contributed by atoms with Gasteiger partial charge in [0.1, 0.15) is 0 Å². The van der Waals surface area contributed by atoms with Crippen LogP contribution >= 0.6 is 0 Å². The summed E-state index contributed by atoms with van der Waals surface area (Å²) in [4.78, 5) is 21.1. The lowest BCUT2D eigenvalue weighted by atomic mass is 10.2. The number of imide groups is 1. The van der Waals surface area contributed by atoms with E-state index in [0.717, 1.165) is 0 Å². The van der Waals surface area contributed by atoms with E-state index in [0.29, 0.717) is 6.54 Å². The summed E-state index contributed by atoms with van der Waals surface area (Å²) in [6, 6.07) is -0.807. The van der Waals surface area contributed by atoms with Crippen molar-refractivity contribution in [2.45, 2.75) is 6.92 Å². The summed E-state index contributed by atoms with van der Waals surface area (Å²) < 4.78 is 0. The summed E-state index contributed by atoms with van der Waals surface area (Å²) in [6.45, 7) is 2.23. The minimum absolute atomic E-state index is 0.243. The molecular weight excluding hydrogens is 146 g/mol. The van der Waals surface area contributed by atoms with E-state index in [4.69, 9.17) is 5.73 Å². The molecular formula is C6H13N3O2. The Labute approximate surface area is 65.3 Å². The Balaban J connectivity index is 3.73. The highest BCUT2D eigenvalue weighted by Gasteiger charge is 2.12. The molecule has 1 unspecified atom stereocenters. The van der Waals surface area contributed by atoms with Gasteiger partial charge in [0.25, 0.3) is 0 Å². The van der Waals surface area contributed by atoms with E-state index in [1.165, 1.54) is 0 Å². The molecule has 0 rings (SSSR count). The van der Waals surface area contributed by atoms with Gasteiger partial charge in [-0.1, -0.05) is 6.92 Å². The number of amides is 3. The van der Waals surface area contributed by atoms with Crippen molar-refractivity contribution < 1.29 is 9.59 Å². The van der Waals surface area contributed by atoms with Crippen LogP contribution in [0.15, 0.2) is 0 Å². The quantitative estimate of drug-likeness (QED) is 0.495. The van der Waals surface area contributed by atoms with Gasteiger partial charge in [-0.2, -0.15) is 0 Å². The molecule has 0 spiro atoms. The number of hydrogen-bond donors (Lipinski definition) is 3. The Morgan fingerprint density at radius 3 is 2.45 bits per heavy atom. The first-order valence-corrected chi connectivity index (χ1v) is 3.32. The van der Waals surface area contributed by atoms with Crippen molar-refractivity contribution in [3.05, 3.63) is 0 Å². The van der Waals surface area contributed by atoms with Crippen molar-refractivity contribution in [3.63, 3.8) is 0 Å². The summed E-state index contributed by atoms with van der Waals surface area (Å²) in [6.07, 6.45) is 0. The first-order chi connectivity index (χ1) is 5.07. The first kappa shape index (κ1) is 9.90. The topological polar surface area (TPSA) is 84.2 Å². The molecule has 0 radical (unpaired) electrons. The second-order valence-corrected chi connectivity index (χ2v) is 2.31. The summed E-state index contributed by atoms with van der Waals surface area (Å²) in [7, 11) is 1.73. The highest BCUT2D eigenvalue weighted by Crippen LogP contribution is 1.90. The number of rotatable bonds is 3. The molecule has 64 valence electrons. The van der Waals surface area contributed by atoms with Gasteiger partial charge in [-0.3, -0.25) is 10.1 Å². The maximum absolute atomic E-state index is 10.9. The molecule has 0 aliphatic rings. The highest BCUT2D eigenvalue weighted by atomic mass is 16.2. The molecule has 0 saturated carbocycles. The third-order valence-electron chi connectivity index (χ3n) is 1.20. The molecule has 0 aliphatic carbocycles. The number of carbonyl (C=O) groups excluding carboxylic acids is 2. The average Bonchev–Trinajstić information content (AvgIpc) is 1.86. The van der Waals surface area contributed by atoms with Crippen LogP contribution in [0.25, 0.3) is 0 Å². The first-order valence-electron chi connectivity index (χ1n) is 3.32. The van der Waals surface area contributed by atoms with Crippen LogP contribution in [0.2, 0.25) is 0 Å². The second-order valence-electron chi connectivity index (χ2n) is 2.31. The largest absolute Gasteiger partial charge is 0.351 e. The van der Waals surface area contributed by atoms with Gasteiger partial charge in [0.15, 0.2) is 0 Å². The third kappa shape index (κ3) is 4.32. The molecule has 3 amide bonds. The van der Waals surface area contributed by atoms with Crippen molar-refractivity contribution in [1.29, 1.82) is 0 Å². The molecule has 0 heterocycles. The van der Waals surface area contributed by atoms with Crippen molar-refractivity contribution in [3.8, 4) is 0 Å². The highest BCUT2D eigenvalue weighted by molar-refractivity contribution is 5.94. The van der Waals surface area contributed by atoms with Crippen molar-refractivity contribution in [1.82, 2.24) is 10.6 Å². The van der Waals surface area contributed by atoms with Crippen LogP contribution in [0.3, 0.4) is 0 Å². The van der Waals surface area contributed by atoms with Crippen LogP contribution in [-0.4, -0.2) is 25.5 Å². The van der Waals surface area contributed by atoms with E-state index in [2.05, 4.69) is 5.32 Å². The second kappa shape index (κ2) is 4.68. The van der Waals surface area contributed by atoms with E-state index >= 15 is 0 Å². The van der Waals surface area contributed by atoms with Crippen LogP contribution in [0.1, 0.15) is 6.92 Å². The Kier molecular flexibility index (Phi) is 4.21. The van der Waals surface area contributed by atoms with Gasteiger partial charge in [0.2, 0.25) is 5.91 Å². The number of nitrogens with two attached hydrogens (primary N) is 1. The zero-order valence-electron chi connectivity index (χ0n) is 6.68. The average molecular weight is 159 g/mol. The number of hydrogen-bond acceptors (Lipinski definition) is 3. The molecule has 0 aromatic carbocycles. The van der Waals surface area contributed by atoms with Gasteiger partial charge < -0.3 is 11.1 Å². The Morgan fingerprint density at radius 1 is 1.55 bits per heavy atom. The Morgan fingerprint density at radius 2 is 2.09 bits per heavy atom. The monoisotopic (exact) mass is 159 g/mol. The number of carbonyl (C=O) groups is 2. The SMILES string of the molecule is CNCC(C)C(=O)NC(N)=O. The van der Waals surface area contributed by atoms with Crippen molar-refractivity contribution in [2.24, 2.45) is 11.7 Å². The normalized spacial score (nSPS) is 12.2. The molecule has 0 aromatic heterocycles. The summed E-state index contributed by atoms with van der Waals surface area (Å²) in [5.41, 5.74) is 4.74. The summed E-state index contributed by atoms with van der Waals surface area (Å²) in [5, 5.41) is 4.80. The molecule has 1 atom stereocenters. The molecule has 0 aromatic rings. The minimum atomic E-state index is -0.807. The summed E-state index contributed by atoms with van der Waals surface area (Å²) in [5.74, 6) is -0.598. The standard InChI is InChI=1S/C6H13N3O2/c1-4(3-8-2)5(10)9-6(7)11/h4,8H,3H2,1-2H3,(H3,7,9,10,11). The number of urea groups is 1. The maximum atomic E-state index is 10.9. The molecule has 0 saturated heterocycles.